The van der Waals surface area contributed by atoms with E-state index >= 15 is 0 Å². The summed E-state index contributed by atoms with van der Waals surface area (Å²) in [5.41, 5.74) is 6.17. The lowest BCUT2D eigenvalue weighted by atomic mass is 9.68. The molecule has 0 fully saturated rings. The fourth-order valence-corrected chi connectivity index (χ4v) is 4.75. The Hall–Kier alpha value is -2.90. The Morgan fingerprint density at radius 3 is 2.53 bits per heavy atom. The maximum atomic E-state index is 13.4. The van der Waals surface area contributed by atoms with Crippen molar-refractivity contribution < 1.29 is 9.53 Å². The molecule has 2 aliphatic carbocycles. The quantitative estimate of drug-likeness (QED) is 0.701. The Morgan fingerprint density at radius 2 is 1.83 bits per heavy atom. The molecule has 0 aliphatic heterocycles. The van der Waals surface area contributed by atoms with Gasteiger partial charge < -0.3 is 9.64 Å². The molecular formula is C26H28N2O2. The van der Waals surface area contributed by atoms with Crippen LogP contribution in [0.1, 0.15) is 60.3 Å². The van der Waals surface area contributed by atoms with E-state index in [1.54, 1.807) is 6.07 Å². The molecule has 0 bridgehead atoms. The van der Waals surface area contributed by atoms with Crippen LogP contribution in [0.5, 0.6) is 5.75 Å². The van der Waals surface area contributed by atoms with Gasteiger partial charge in [-0.2, -0.15) is 5.26 Å². The van der Waals surface area contributed by atoms with Gasteiger partial charge in [0.1, 0.15) is 12.4 Å². The van der Waals surface area contributed by atoms with Gasteiger partial charge in [-0.15, -0.1) is 0 Å². The number of likely N-dealkylation sites (N-methyl/N-ethyl adjacent to an activating group) is 1. The first-order chi connectivity index (χ1) is 14.4. The van der Waals surface area contributed by atoms with Gasteiger partial charge >= 0.3 is 0 Å². The maximum absolute atomic E-state index is 13.4. The van der Waals surface area contributed by atoms with Crippen molar-refractivity contribution >= 4 is 11.4 Å². The van der Waals surface area contributed by atoms with Crippen molar-refractivity contribution in [1.82, 2.24) is 4.90 Å². The van der Waals surface area contributed by atoms with Crippen molar-refractivity contribution in [3.8, 4) is 11.8 Å². The van der Waals surface area contributed by atoms with Gasteiger partial charge in [0.15, 0.2) is 5.78 Å². The second-order valence-corrected chi connectivity index (χ2v) is 8.55. The number of benzene rings is 2. The molecule has 2 aromatic rings. The van der Waals surface area contributed by atoms with Gasteiger partial charge in [-0.25, -0.2) is 0 Å². The second kappa shape index (κ2) is 7.74. The minimum Gasteiger partial charge on any atom is -0.492 e. The van der Waals surface area contributed by atoms with Gasteiger partial charge in [0.25, 0.3) is 0 Å². The molecule has 4 nitrogen and oxygen atoms in total. The summed E-state index contributed by atoms with van der Waals surface area (Å²) in [5.74, 6) is 0.894. The van der Waals surface area contributed by atoms with Crippen molar-refractivity contribution in [2.24, 2.45) is 0 Å². The van der Waals surface area contributed by atoms with Gasteiger partial charge in [0.2, 0.25) is 0 Å². The highest BCUT2D eigenvalue weighted by molar-refractivity contribution is 6.33. The predicted molar refractivity (Wildman–Crippen MR) is 119 cm³/mol. The Bertz CT molecular complexity index is 1080. The van der Waals surface area contributed by atoms with E-state index in [1.807, 2.05) is 30.3 Å². The van der Waals surface area contributed by atoms with Gasteiger partial charge in [-0.05, 0) is 72.1 Å². The first-order valence-electron chi connectivity index (χ1n) is 10.7. The monoisotopic (exact) mass is 400 g/mol. The lowest BCUT2D eigenvalue weighted by Crippen LogP contribution is -2.30. The van der Waals surface area contributed by atoms with E-state index in [9.17, 15) is 10.1 Å². The number of carbonyl (C=O) groups is 1. The van der Waals surface area contributed by atoms with Crippen LogP contribution >= 0.6 is 0 Å². The molecule has 4 rings (SSSR count). The van der Waals surface area contributed by atoms with E-state index in [1.165, 1.54) is 0 Å². The van der Waals surface area contributed by atoms with E-state index in [-0.39, 0.29) is 11.2 Å². The maximum Gasteiger partial charge on any atom is 0.193 e. The molecule has 0 heterocycles. The van der Waals surface area contributed by atoms with Crippen LogP contribution in [-0.2, 0) is 11.8 Å². The second-order valence-electron chi connectivity index (χ2n) is 8.55. The molecule has 0 amide bonds. The third kappa shape index (κ3) is 3.24. The number of hydrogen-bond donors (Lipinski definition) is 0. The molecule has 154 valence electrons. The summed E-state index contributed by atoms with van der Waals surface area (Å²) in [6.45, 7) is 12.2. The fourth-order valence-electron chi connectivity index (χ4n) is 4.75. The topological polar surface area (TPSA) is 53.3 Å². The summed E-state index contributed by atoms with van der Waals surface area (Å²) in [6, 6.07) is 13.7. The number of Topliss-reactive ketones (excluding diaryl/α,β-unsaturated/α-hetero) is 1. The normalized spacial score (nSPS) is 16.2. The number of nitriles is 1. The molecule has 0 aromatic heterocycles. The first kappa shape index (κ1) is 20.4. The van der Waals surface area contributed by atoms with Gasteiger partial charge in [0, 0.05) is 23.1 Å². The number of ketones is 1. The number of allylic oxidation sites excluding steroid dienone is 2. The molecule has 30 heavy (non-hydrogen) atoms. The molecule has 0 radical (unpaired) electrons. The third-order valence-corrected chi connectivity index (χ3v) is 6.63. The minimum atomic E-state index is -0.275. The molecule has 2 aromatic carbocycles. The summed E-state index contributed by atoms with van der Waals surface area (Å²) in [4.78, 5) is 15.8. The van der Waals surface area contributed by atoms with Crippen LogP contribution in [0.2, 0.25) is 0 Å². The summed E-state index contributed by atoms with van der Waals surface area (Å²) in [6.07, 6.45) is 0.714. The molecular weight excluding hydrogens is 372 g/mol. The highest BCUT2D eigenvalue weighted by Gasteiger charge is 2.42. The number of rotatable bonds is 6. The molecule has 4 heteroatoms. The molecule has 0 saturated heterocycles. The molecule has 0 saturated carbocycles. The van der Waals surface area contributed by atoms with Crippen LogP contribution in [0.25, 0.3) is 5.57 Å². The largest absolute Gasteiger partial charge is 0.492 e. The summed E-state index contributed by atoms with van der Waals surface area (Å²) in [5, 5.41) is 9.24. The molecule has 0 unspecified atom stereocenters. The molecule has 0 N–H and O–H groups in total. The highest BCUT2D eigenvalue weighted by atomic mass is 16.5. The van der Waals surface area contributed by atoms with Crippen LogP contribution in [0, 0.1) is 11.3 Å². The van der Waals surface area contributed by atoms with Crippen LogP contribution < -0.4 is 4.74 Å². The fraction of sp³-hybridized carbons (Fsp3) is 0.385. The zero-order chi connectivity index (χ0) is 21.5. The van der Waals surface area contributed by atoms with Gasteiger partial charge in [-0.3, -0.25) is 4.79 Å². The minimum absolute atomic E-state index is 0.0810. The lowest BCUT2D eigenvalue weighted by molar-refractivity contribution is 0.105. The summed E-state index contributed by atoms with van der Waals surface area (Å²) < 4.78 is 6.03. The summed E-state index contributed by atoms with van der Waals surface area (Å²) in [7, 11) is 0. The molecule has 0 atom stereocenters. The van der Waals surface area contributed by atoms with E-state index in [4.69, 9.17) is 4.74 Å². The van der Waals surface area contributed by atoms with E-state index in [0.29, 0.717) is 18.6 Å². The van der Waals surface area contributed by atoms with Gasteiger partial charge in [-0.1, -0.05) is 33.8 Å². The smallest absolute Gasteiger partial charge is 0.193 e. The SMILES string of the molecule is CCN(CC)CCOc1ccc2c(c1)C(C)(C)C1=C(C2=O)c2ccc(C#N)cc2C1. The highest BCUT2D eigenvalue weighted by Crippen LogP contribution is 2.50. The Kier molecular flexibility index (Phi) is 5.26. The Balaban J connectivity index is 1.65. The number of fused-ring (bicyclic) bond motifs is 3. The van der Waals surface area contributed by atoms with Crippen LogP contribution in [0.4, 0.5) is 0 Å². The molecule has 0 spiro atoms. The van der Waals surface area contributed by atoms with Crippen molar-refractivity contribution in [3.05, 3.63) is 69.8 Å². The predicted octanol–water partition coefficient (Wildman–Crippen LogP) is 4.76. The summed E-state index contributed by atoms with van der Waals surface area (Å²) >= 11 is 0. The zero-order valence-corrected chi connectivity index (χ0v) is 18.2. The van der Waals surface area contributed by atoms with Gasteiger partial charge in [0.05, 0.1) is 11.6 Å². The third-order valence-electron chi connectivity index (χ3n) is 6.63. The average molecular weight is 401 g/mol. The standard InChI is InChI=1S/C26H28N2O2/c1-5-28(6-2)11-12-30-19-8-10-21-22(15-19)26(3,4)23-14-18-13-17(16-27)7-9-20(18)24(23)25(21)29/h7-10,13,15H,5-6,11-12,14H2,1-4H3. The average Bonchev–Trinajstić information content (AvgIpc) is 3.15. The Labute approximate surface area is 178 Å². The Morgan fingerprint density at radius 1 is 1.10 bits per heavy atom. The lowest BCUT2D eigenvalue weighted by Gasteiger charge is -2.34. The number of ether oxygens (including phenoxy) is 1. The van der Waals surface area contributed by atoms with Crippen molar-refractivity contribution in [2.75, 3.05) is 26.2 Å². The van der Waals surface area contributed by atoms with Crippen molar-refractivity contribution in [3.63, 3.8) is 0 Å². The number of carbonyl (C=O) groups excluding carboxylic acids is 1. The van der Waals surface area contributed by atoms with Crippen LogP contribution in [0.3, 0.4) is 0 Å². The van der Waals surface area contributed by atoms with Crippen LogP contribution in [0.15, 0.2) is 42.0 Å². The van der Waals surface area contributed by atoms with Crippen molar-refractivity contribution in [1.29, 1.82) is 5.26 Å². The number of hydrogen-bond acceptors (Lipinski definition) is 4. The molecule has 2 aliphatic rings. The zero-order valence-electron chi connectivity index (χ0n) is 18.2. The van der Waals surface area contributed by atoms with Crippen LogP contribution in [-0.4, -0.2) is 36.9 Å². The van der Waals surface area contributed by atoms with Crippen molar-refractivity contribution in [2.45, 2.75) is 39.5 Å². The number of nitrogens with zero attached hydrogens (tertiary/aromatic N) is 2. The first-order valence-corrected chi connectivity index (χ1v) is 10.7. The van der Waals surface area contributed by atoms with E-state index < -0.39 is 0 Å². The van der Waals surface area contributed by atoms with E-state index in [2.05, 4.69) is 38.7 Å². The van der Waals surface area contributed by atoms with E-state index in [0.717, 1.165) is 58.8 Å².